The summed E-state index contributed by atoms with van der Waals surface area (Å²) in [6, 6.07) is 1.47. The number of H-pyrrole nitrogens is 1. The fourth-order valence-corrected chi connectivity index (χ4v) is 14.2. The van der Waals surface area contributed by atoms with Crippen LogP contribution < -0.4 is 92.5 Å². The van der Waals surface area contributed by atoms with E-state index in [1.807, 2.05) is 31.2 Å². The summed E-state index contributed by atoms with van der Waals surface area (Å²) >= 11 is 0. The number of aromatic amines is 1. The van der Waals surface area contributed by atoms with Crippen LogP contribution in [0.1, 0.15) is 219 Å². The molecule has 3 aromatic rings. The summed E-state index contributed by atoms with van der Waals surface area (Å²) in [5.41, 5.74) is 29.6. The first-order chi connectivity index (χ1) is 58.6. The van der Waals surface area contributed by atoms with Gasteiger partial charge in [-0.1, -0.05) is 152 Å². The van der Waals surface area contributed by atoms with Crippen LogP contribution in [-0.2, 0) is 89.6 Å². The predicted octanol–water partition coefficient (Wildman–Crippen LogP) is -1.64. The molecule has 0 bridgehead atoms. The molecule has 3 heterocycles. The minimum absolute atomic E-state index is 0.00470. The van der Waals surface area contributed by atoms with Gasteiger partial charge in [-0.05, 0) is 96.4 Å². The second-order valence-electron chi connectivity index (χ2n) is 31.5. The van der Waals surface area contributed by atoms with Gasteiger partial charge in [-0.15, -0.1) is 0 Å². The maximum atomic E-state index is 14.4. The zero-order valence-electron chi connectivity index (χ0n) is 71.8. The number of carbonyl (C=O) groups excluding carboxylic acids is 16. The van der Waals surface area contributed by atoms with Crippen molar-refractivity contribution in [2.75, 3.05) is 33.2 Å². The third-order valence-corrected chi connectivity index (χ3v) is 21.1. The van der Waals surface area contributed by atoms with Crippen molar-refractivity contribution < 1.29 is 92.0 Å². The Morgan fingerprint density at radius 1 is 0.577 bits per heavy atom. The van der Waals surface area contributed by atoms with Gasteiger partial charge in [0.1, 0.15) is 54.4 Å². The minimum atomic E-state index is -1.80. The number of likely N-dealkylation sites (N-methyl/N-ethyl adjacent to an activating group) is 1. The Morgan fingerprint density at radius 2 is 1.11 bits per heavy atom. The van der Waals surface area contributed by atoms with Crippen molar-refractivity contribution in [3.8, 4) is 0 Å². The van der Waals surface area contributed by atoms with Crippen LogP contribution in [0, 0.1) is 0 Å². The van der Waals surface area contributed by atoms with Gasteiger partial charge >= 0.3 is 0 Å². The standard InChI is InChI=1S/C43H60N12O8.C41H74N8O11/c1-47-32-16-17-36(57)48-18-8-7-14-30(37(44)58)51-40(61)34(21-26-23-50-29-13-6-5-12-28(26)29)53-38(59)31(15-9-19-49-43(45)46)52-39(60)33(20-25-10-3-2-4-11-25)54-41(62)35-22-27(56)24-55(35)42(32)63;1-6-8-10-11-12-13-14-15-16-17-18-19-20-22-34(55)44-25-35(56)48-36(27(4)51)40(59)47-30(23-32(42)53)38(57)46-31(24-33(43)54)39(58)49-37(28(5)52)41(60)45-29(26(3)50)21-9-7-2/h2-6,10-13,23,27,30-35,47,50,56H,7-9,14-22,24H2,1H3,(H2,44,58)(H,48,57)(H,51,61)(H,52,60)(H,53,59)(H,54,62)(H4,45,46,49);27-31,36-37,51-52H,6-25H2,1-5H3,(H2,42,53)(H2,43,54)(H,44,55)(H,45,60)(H,46,57)(H,47,59)(H,48,56)(H,49,58)/t27-,30+,31+,32+,33-,34+,35+;27?,28?,29-,30-,31?,36-,37-/m10/s1. The second-order valence-corrected chi connectivity index (χ2v) is 31.5. The third-order valence-electron chi connectivity index (χ3n) is 21.1. The Bertz CT molecular complexity index is 3970. The normalized spacial score (nSPS) is 19.9. The fraction of sp³-hybridized carbons (Fsp3) is 0.631. The Kier molecular flexibility index (Phi) is 47.8. The molecule has 0 spiro atoms. The molecule has 2 aromatic carbocycles. The summed E-state index contributed by atoms with van der Waals surface area (Å²) in [6.45, 7) is 7.43. The van der Waals surface area contributed by atoms with Crippen LogP contribution in [0.15, 0.2) is 65.8 Å². The van der Waals surface area contributed by atoms with E-state index in [0.29, 0.717) is 43.2 Å². The molecular formula is C84H134N20O19. The molecule has 26 N–H and O–H groups in total. The summed E-state index contributed by atoms with van der Waals surface area (Å²) in [5.74, 6) is -12.8. The van der Waals surface area contributed by atoms with E-state index in [-0.39, 0.29) is 101 Å². The van der Waals surface area contributed by atoms with Crippen molar-refractivity contribution in [3.63, 3.8) is 0 Å². The van der Waals surface area contributed by atoms with Crippen molar-refractivity contribution in [2.24, 2.45) is 33.7 Å². The lowest BCUT2D eigenvalue weighted by molar-refractivity contribution is -0.141. The number of hydrogen-bond acceptors (Lipinski definition) is 21. The van der Waals surface area contributed by atoms with Crippen LogP contribution in [0.3, 0.4) is 0 Å². The van der Waals surface area contributed by atoms with Gasteiger partial charge in [0.25, 0.3) is 0 Å². The Hall–Kier alpha value is -11.2. The van der Waals surface area contributed by atoms with Gasteiger partial charge in [-0.3, -0.25) is 81.7 Å². The monoisotopic (exact) mass is 1730 g/mol. The number of hydrogen-bond donors (Lipinski definition) is 21. The van der Waals surface area contributed by atoms with Crippen molar-refractivity contribution in [1.82, 2.24) is 73.7 Å². The van der Waals surface area contributed by atoms with E-state index in [9.17, 15) is 92.0 Å². The number of guanidine groups is 1. The average Bonchev–Trinajstić information content (AvgIpc) is 1.69. The molecule has 1 aromatic heterocycles. The molecule has 0 radical (unpaired) electrons. The number of aromatic nitrogens is 1. The second kappa shape index (κ2) is 56.5. The maximum Gasteiger partial charge on any atom is 0.245 e. The fourth-order valence-electron chi connectivity index (χ4n) is 14.2. The first kappa shape index (κ1) is 104. The molecule has 2 fully saturated rings. The number of fused-ring (bicyclic) bond motifs is 2. The number of ketones is 1. The highest BCUT2D eigenvalue weighted by Gasteiger charge is 2.43. The first-order valence-electron chi connectivity index (χ1n) is 42.9. The highest BCUT2D eigenvalue weighted by molar-refractivity contribution is 6.01. The number of aliphatic hydroxyl groups excluding tert-OH is 3. The number of carbonyl (C=O) groups is 16. The molecule has 123 heavy (non-hydrogen) atoms. The van der Waals surface area contributed by atoms with Crippen LogP contribution in [-0.4, -0.2) is 244 Å². The number of aliphatic imine (C=N–C) groups is 1. The lowest BCUT2D eigenvalue weighted by Gasteiger charge is -2.30. The Morgan fingerprint density at radius 3 is 1.68 bits per heavy atom. The molecule has 15 amide bonds. The van der Waals surface area contributed by atoms with Crippen molar-refractivity contribution in [3.05, 3.63) is 71.9 Å². The maximum absolute atomic E-state index is 14.4. The molecule has 0 aliphatic carbocycles. The summed E-state index contributed by atoms with van der Waals surface area (Å²) in [4.78, 5) is 219. The molecular weight excluding hydrogens is 1590 g/mol. The summed E-state index contributed by atoms with van der Waals surface area (Å²) in [5, 5.41) is 62.7. The lowest BCUT2D eigenvalue weighted by Crippen LogP contribution is -2.62. The molecule has 2 saturated heterocycles. The van der Waals surface area contributed by atoms with Crippen molar-refractivity contribution in [2.45, 2.75) is 306 Å². The number of nitrogens with two attached hydrogens (primary N) is 5. The molecule has 0 saturated carbocycles. The van der Waals surface area contributed by atoms with Crippen LogP contribution in [0.5, 0.6) is 0 Å². The minimum Gasteiger partial charge on any atom is -0.391 e. The number of rotatable bonds is 45. The van der Waals surface area contributed by atoms with Crippen LogP contribution in [0.25, 0.3) is 10.9 Å². The third kappa shape index (κ3) is 39.3. The van der Waals surface area contributed by atoms with E-state index >= 15 is 0 Å². The predicted molar refractivity (Wildman–Crippen MR) is 458 cm³/mol. The first-order valence-corrected chi connectivity index (χ1v) is 42.9. The number of unbranched alkanes of at least 4 members (excludes halogenated alkanes) is 13. The molecule has 5 rings (SSSR count). The number of aliphatic hydroxyl groups is 3. The Balaban J connectivity index is 0.000000517. The number of nitrogens with one attached hydrogen (secondary N) is 13. The number of primary amides is 3. The van der Waals surface area contributed by atoms with E-state index in [4.69, 9.17) is 28.7 Å². The summed E-state index contributed by atoms with van der Waals surface area (Å²) < 4.78 is 0. The molecule has 2 aliphatic heterocycles. The number of Topliss-reactive ketones (excluding diaryl/α,β-unsaturated/α-hetero) is 1. The lowest BCUT2D eigenvalue weighted by atomic mass is 10.0. The van der Waals surface area contributed by atoms with Crippen LogP contribution in [0.4, 0.5) is 0 Å². The van der Waals surface area contributed by atoms with E-state index in [0.717, 1.165) is 43.0 Å². The van der Waals surface area contributed by atoms with Gasteiger partial charge in [0, 0.05) is 68.8 Å². The summed E-state index contributed by atoms with van der Waals surface area (Å²) in [6.07, 6.45) is 14.0. The molecule has 3 unspecified atom stereocenters. The van der Waals surface area contributed by atoms with Gasteiger partial charge in [-0.25, -0.2) is 0 Å². The molecule has 39 nitrogen and oxygen atoms in total. The SMILES string of the molecule is CCCCCCCCCCCCCCCC(=O)NCC(=O)N[C@H](C(=O)N[C@@H](CC(N)=O)C(=O)NC(CC(N)=O)C(=O)N[C@H](C(=O)N[C@@H](CCCC)C(C)=O)C(C)O)C(C)O.CN[C@H]1CCC(=O)NCCCC[C@@H](C(N)=O)NC(=O)[C@H](Cc2c[nH]c3ccccc23)NC(=O)[C@H](CCCN=C(N)N)NC(=O)[C@@H](Cc2ccccc2)NC(=O)[C@@H]2C[C@@H](O)CN2C1=O. The largest absolute Gasteiger partial charge is 0.391 e. The van der Waals surface area contributed by atoms with Crippen molar-refractivity contribution in [1.29, 1.82) is 0 Å². The molecule has 684 valence electrons. The topological polar surface area (TPSA) is 640 Å². The van der Waals surface area contributed by atoms with Crippen LogP contribution in [0.2, 0.25) is 0 Å². The summed E-state index contributed by atoms with van der Waals surface area (Å²) in [7, 11) is 1.55. The van der Waals surface area contributed by atoms with Crippen LogP contribution >= 0.6 is 0 Å². The highest BCUT2D eigenvalue weighted by Crippen LogP contribution is 2.24. The zero-order chi connectivity index (χ0) is 91.1. The van der Waals surface area contributed by atoms with Crippen molar-refractivity contribution >= 4 is 111 Å². The number of nitrogens with zero attached hydrogens (tertiary/aromatic N) is 2. The van der Waals surface area contributed by atoms with Gasteiger partial charge in [0.05, 0.1) is 49.8 Å². The van der Waals surface area contributed by atoms with Gasteiger partial charge in [-0.2, -0.15) is 0 Å². The van der Waals surface area contributed by atoms with E-state index in [1.165, 1.54) is 77.0 Å². The number of amides is 15. The van der Waals surface area contributed by atoms with Gasteiger partial charge in [0.2, 0.25) is 88.6 Å². The molecule has 2 aliphatic rings. The quantitative estimate of drug-likeness (QED) is 0.0171. The number of benzene rings is 2. The zero-order valence-corrected chi connectivity index (χ0v) is 71.8. The average molecular weight is 1730 g/mol. The molecule has 14 atom stereocenters. The van der Waals surface area contributed by atoms with E-state index < -0.39 is 181 Å². The molecule has 39 heteroatoms. The van der Waals surface area contributed by atoms with E-state index in [2.05, 4.69) is 80.7 Å². The number of para-hydroxylation sites is 1. The highest BCUT2D eigenvalue weighted by atomic mass is 16.3. The van der Waals surface area contributed by atoms with Gasteiger partial charge < -0.3 is 118 Å². The Labute approximate surface area is 718 Å². The van der Waals surface area contributed by atoms with E-state index in [1.54, 1.807) is 43.6 Å². The smallest absolute Gasteiger partial charge is 0.245 e. The van der Waals surface area contributed by atoms with Gasteiger partial charge in [0.15, 0.2) is 11.7 Å².